The van der Waals surface area contributed by atoms with Gasteiger partial charge in [-0.1, -0.05) is 13.8 Å². The molecular formula is C14H26N2O. The Bertz CT molecular complexity index is 279. The van der Waals surface area contributed by atoms with Gasteiger partial charge in [-0.3, -0.25) is 0 Å². The first-order chi connectivity index (χ1) is 8.15. The predicted octanol–water partition coefficient (Wildman–Crippen LogP) is 1.53. The fraction of sp³-hybridized carbons (Fsp3) is 1.00. The van der Waals surface area contributed by atoms with E-state index in [1.165, 1.54) is 25.7 Å². The molecule has 3 aliphatic heterocycles. The Morgan fingerprint density at radius 3 is 2.82 bits per heavy atom. The largest absolute Gasteiger partial charge is 0.375 e. The minimum atomic E-state index is 0.386. The van der Waals surface area contributed by atoms with Crippen LogP contribution in [0, 0.1) is 11.3 Å². The van der Waals surface area contributed by atoms with Gasteiger partial charge in [-0.05, 0) is 37.6 Å². The molecule has 17 heavy (non-hydrogen) atoms. The van der Waals surface area contributed by atoms with E-state index in [-0.39, 0.29) is 0 Å². The summed E-state index contributed by atoms with van der Waals surface area (Å²) in [6.45, 7) is 8.20. The normalized spacial score (nSPS) is 44.1. The summed E-state index contributed by atoms with van der Waals surface area (Å²) in [6, 6.07) is 0.669. The molecule has 0 spiro atoms. The lowest BCUT2D eigenvalue weighted by molar-refractivity contribution is 0.0896. The van der Waals surface area contributed by atoms with E-state index in [1.54, 1.807) is 0 Å². The van der Waals surface area contributed by atoms with Crippen molar-refractivity contribution in [2.75, 3.05) is 19.6 Å². The third-order valence-corrected chi connectivity index (χ3v) is 4.99. The molecule has 3 heteroatoms. The highest BCUT2D eigenvalue weighted by molar-refractivity contribution is 4.94. The molecule has 4 atom stereocenters. The number of hydrogen-bond donors (Lipinski definition) is 2. The molecule has 0 aliphatic carbocycles. The molecule has 0 aromatic heterocycles. The van der Waals surface area contributed by atoms with Gasteiger partial charge in [0, 0.05) is 25.0 Å². The Balaban J connectivity index is 1.50. The standard InChI is InChI=1S/C14H26N2O/c1-14(2)9-15-6-5-13(14)16-8-10-7-11-3-4-12(10)17-11/h10-13,15-16H,3-9H2,1-2H3. The van der Waals surface area contributed by atoms with Crippen LogP contribution in [0.5, 0.6) is 0 Å². The highest BCUT2D eigenvalue weighted by Crippen LogP contribution is 2.38. The Labute approximate surface area is 105 Å². The number of piperidine rings is 1. The molecule has 0 aromatic carbocycles. The lowest BCUT2D eigenvalue weighted by atomic mass is 9.79. The Morgan fingerprint density at radius 2 is 2.18 bits per heavy atom. The molecule has 2 N–H and O–H groups in total. The van der Waals surface area contributed by atoms with E-state index in [1.807, 2.05) is 0 Å². The van der Waals surface area contributed by atoms with Crippen LogP contribution in [0.25, 0.3) is 0 Å². The number of fused-ring (bicyclic) bond motifs is 2. The molecule has 3 aliphatic rings. The second-order valence-electron chi connectivity index (χ2n) is 6.78. The van der Waals surface area contributed by atoms with Crippen LogP contribution in [-0.4, -0.2) is 37.9 Å². The van der Waals surface area contributed by atoms with Crippen LogP contribution in [0.4, 0.5) is 0 Å². The number of hydrogen-bond acceptors (Lipinski definition) is 3. The lowest BCUT2D eigenvalue weighted by Crippen LogP contribution is -2.54. The van der Waals surface area contributed by atoms with Gasteiger partial charge >= 0.3 is 0 Å². The molecule has 3 nitrogen and oxygen atoms in total. The van der Waals surface area contributed by atoms with Gasteiger partial charge in [-0.25, -0.2) is 0 Å². The summed E-state index contributed by atoms with van der Waals surface area (Å²) in [5.41, 5.74) is 0.386. The predicted molar refractivity (Wildman–Crippen MR) is 69.1 cm³/mol. The van der Waals surface area contributed by atoms with Crippen molar-refractivity contribution in [3.63, 3.8) is 0 Å². The molecule has 3 fully saturated rings. The van der Waals surface area contributed by atoms with Gasteiger partial charge in [-0.15, -0.1) is 0 Å². The van der Waals surface area contributed by atoms with Gasteiger partial charge < -0.3 is 15.4 Å². The van der Waals surface area contributed by atoms with Crippen molar-refractivity contribution in [2.45, 2.75) is 57.8 Å². The first-order valence-electron chi connectivity index (χ1n) is 7.25. The van der Waals surface area contributed by atoms with Crippen LogP contribution in [0.1, 0.15) is 39.5 Å². The maximum absolute atomic E-state index is 5.92. The summed E-state index contributed by atoms with van der Waals surface area (Å²) in [6.07, 6.45) is 6.31. The monoisotopic (exact) mass is 238 g/mol. The minimum Gasteiger partial charge on any atom is -0.375 e. The first kappa shape index (κ1) is 11.9. The second-order valence-corrected chi connectivity index (χ2v) is 6.78. The number of nitrogens with one attached hydrogen (secondary N) is 2. The van der Waals surface area contributed by atoms with E-state index in [0.29, 0.717) is 23.7 Å². The average molecular weight is 238 g/mol. The van der Waals surface area contributed by atoms with Crippen LogP contribution in [0.2, 0.25) is 0 Å². The van der Waals surface area contributed by atoms with Crippen LogP contribution in [0.15, 0.2) is 0 Å². The van der Waals surface area contributed by atoms with Gasteiger partial charge in [-0.2, -0.15) is 0 Å². The zero-order valence-corrected chi connectivity index (χ0v) is 11.2. The summed E-state index contributed by atoms with van der Waals surface area (Å²) in [5.74, 6) is 0.777. The van der Waals surface area contributed by atoms with E-state index in [9.17, 15) is 0 Å². The van der Waals surface area contributed by atoms with Crippen LogP contribution in [-0.2, 0) is 4.74 Å². The van der Waals surface area contributed by atoms with Crippen molar-refractivity contribution in [1.29, 1.82) is 0 Å². The van der Waals surface area contributed by atoms with Crippen LogP contribution >= 0.6 is 0 Å². The molecule has 0 radical (unpaired) electrons. The first-order valence-corrected chi connectivity index (χ1v) is 7.25. The fourth-order valence-electron chi connectivity index (χ4n) is 3.80. The molecule has 3 heterocycles. The van der Waals surface area contributed by atoms with Crippen LogP contribution in [0.3, 0.4) is 0 Å². The zero-order chi connectivity index (χ0) is 11.9. The van der Waals surface area contributed by atoms with Crippen molar-refractivity contribution in [1.82, 2.24) is 10.6 Å². The summed E-state index contributed by atoms with van der Waals surface area (Å²) in [5, 5.41) is 7.31. The van der Waals surface area contributed by atoms with Gasteiger partial charge in [0.05, 0.1) is 12.2 Å². The van der Waals surface area contributed by atoms with Crippen molar-refractivity contribution < 1.29 is 4.74 Å². The second kappa shape index (κ2) is 4.52. The molecule has 0 aromatic rings. The number of rotatable bonds is 3. The molecule has 3 rings (SSSR count). The third-order valence-electron chi connectivity index (χ3n) is 4.99. The number of ether oxygens (including phenoxy) is 1. The topological polar surface area (TPSA) is 33.3 Å². The van der Waals surface area contributed by atoms with E-state index < -0.39 is 0 Å². The highest BCUT2D eigenvalue weighted by atomic mass is 16.5. The fourth-order valence-corrected chi connectivity index (χ4v) is 3.80. The Morgan fingerprint density at radius 1 is 1.29 bits per heavy atom. The maximum Gasteiger partial charge on any atom is 0.0621 e. The van der Waals surface area contributed by atoms with Crippen molar-refractivity contribution in [3.8, 4) is 0 Å². The quantitative estimate of drug-likeness (QED) is 0.782. The van der Waals surface area contributed by atoms with Gasteiger partial charge in [0.1, 0.15) is 0 Å². The van der Waals surface area contributed by atoms with Crippen molar-refractivity contribution in [2.24, 2.45) is 11.3 Å². The average Bonchev–Trinajstić information content (AvgIpc) is 2.88. The Kier molecular flexibility index (Phi) is 3.18. The van der Waals surface area contributed by atoms with Crippen LogP contribution < -0.4 is 10.6 Å². The zero-order valence-electron chi connectivity index (χ0n) is 11.2. The van der Waals surface area contributed by atoms with E-state index in [2.05, 4.69) is 24.5 Å². The maximum atomic E-state index is 5.92. The lowest BCUT2D eigenvalue weighted by Gasteiger charge is -2.40. The summed E-state index contributed by atoms with van der Waals surface area (Å²) in [4.78, 5) is 0. The van der Waals surface area contributed by atoms with Crippen molar-refractivity contribution in [3.05, 3.63) is 0 Å². The SMILES string of the molecule is CC1(C)CNCCC1NCC1CC2CCC1O2. The van der Waals surface area contributed by atoms with E-state index in [4.69, 9.17) is 4.74 Å². The van der Waals surface area contributed by atoms with E-state index >= 15 is 0 Å². The van der Waals surface area contributed by atoms with Gasteiger partial charge in [0.25, 0.3) is 0 Å². The van der Waals surface area contributed by atoms with Crippen molar-refractivity contribution >= 4 is 0 Å². The summed E-state index contributed by atoms with van der Waals surface area (Å²) >= 11 is 0. The molecule has 2 bridgehead atoms. The molecule has 0 saturated carbocycles. The smallest absolute Gasteiger partial charge is 0.0621 e. The molecule has 3 saturated heterocycles. The van der Waals surface area contributed by atoms with E-state index in [0.717, 1.165) is 25.6 Å². The molecule has 4 unspecified atom stereocenters. The molecular weight excluding hydrogens is 212 g/mol. The van der Waals surface area contributed by atoms with Gasteiger partial charge in [0.15, 0.2) is 0 Å². The molecule has 98 valence electrons. The third kappa shape index (κ3) is 2.38. The molecule has 0 amide bonds. The Hall–Kier alpha value is -0.120. The highest BCUT2D eigenvalue weighted by Gasteiger charge is 2.41. The summed E-state index contributed by atoms with van der Waals surface area (Å²) in [7, 11) is 0. The minimum absolute atomic E-state index is 0.386. The van der Waals surface area contributed by atoms with Gasteiger partial charge in [0.2, 0.25) is 0 Å². The summed E-state index contributed by atoms with van der Waals surface area (Å²) < 4.78 is 5.92.